The van der Waals surface area contributed by atoms with E-state index in [9.17, 15) is 4.79 Å². The number of pyridine rings is 1. The smallest absolute Gasteiger partial charge is 0.224 e. The molecule has 1 amide bonds. The highest BCUT2D eigenvalue weighted by Crippen LogP contribution is 2.26. The summed E-state index contributed by atoms with van der Waals surface area (Å²) in [5, 5.41) is 4.11. The molecular formula is C21H20N2O2. The molecule has 1 atom stereocenters. The van der Waals surface area contributed by atoms with E-state index in [-0.39, 0.29) is 5.91 Å². The third-order valence-electron chi connectivity index (χ3n) is 4.61. The Morgan fingerprint density at radius 3 is 2.96 bits per heavy atom. The molecule has 0 fully saturated rings. The van der Waals surface area contributed by atoms with E-state index >= 15 is 0 Å². The van der Waals surface area contributed by atoms with Crippen molar-refractivity contribution in [1.29, 1.82) is 0 Å². The molecular weight excluding hydrogens is 312 g/mol. The number of benzene rings is 2. The minimum absolute atomic E-state index is 0.0250. The summed E-state index contributed by atoms with van der Waals surface area (Å²) in [5.41, 5.74) is 3.07. The van der Waals surface area contributed by atoms with Gasteiger partial charge in [-0.1, -0.05) is 42.5 Å². The summed E-state index contributed by atoms with van der Waals surface area (Å²) in [6, 6.07) is 18.0. The van der Waals surface area contributed by atoms with Gasteiger partial charge in [-0.3, -0.25) is 9.78 Å². The van der Waals surface area contributed by atoms with E-state index in [0.29, 0.717) is 25.5 Å². The molecule has 0 radical (unpaired) electrons. The molecule has 0 saturated carbocycles. The van der Waals surface area contributed by atoms with Crippen LogP contribution in [0.3, 0.4) is 0 Å². The Morgan fingerprint density at radius 2 is 2.00 bits per heavy atom. The summed E-state index contributed by atoms with van der Waals surface area (Å²) in [4.78, 5) is 16.8. The summed E-state index contributed by atoms with van der Waals surface area (Å²) in [6.07, 6.45) is 3.05. The topological polar surface area (TPSA) is 51.2 Å². The van der Waals surface area contributed by atoms with Gasteiger partial charge in [0.25, 0.3) is 0 Å². The number of carbonyl (C=O) groups is 1. The molecule has 25 heavy (non-hydrogen) atoms. The van der Waals surface area contributed by atoms with Gasteiger partial charge in [0, 0.05) is 24.0 Å². The van der Waals surface area contributed by atoms with Gasteiger partial charge in [0.2, 0.25) is 5.91 Å². The molecule has 0 spiro atoms. The van der Waals surface area contributed by atoms with Crippen LogP contribution in [-0.4, -0.2) is 24.0 Å². The average Bonchev–Trinajstić information content (AvgIpc) is 2.66. The molecule has 3 aromatic rings. The molecule has 1 unspecified atom stereocenters. The van der Waals surface area contributed by atoms with Crippen molar-refractivity contribution in [2.45, 2.75) is 12.8 Å². The summed E-state index contributed by atoms with van der Waals surface area (Å²) in [6.45, 7) is 1.28. The lowest BCUT2D eigenvalue weighted by atomic mass is 9.96. The van der Waals surface area contributed by atoms with Crippen molar-refractivity contribution in [3.05, 3.63) is 71.9 Å². The van der Waals surface area contributed by atoms with E-state index < -0.39 is 0 Å². The Kier molecular flexibility index (Phi) is 4.34. The van der Waals surface area contributed by atoms with Crippen LogP contribution in [0.15, 0.2) is 60.8 Å². The van der Waals surface area contributed by atoms with E-state index in [1.165, 1.54) is 5.56 Å². The van der Waals surface area contributed by atoms with Gasteiger partial charge >= 0.3 is 0 Å². The Hall–Kier alpha value is -2.88. The van der Waals surface area contributed by atoms with Crippen LogP contribution in [-0.2, 0) is 17.6 Å². The van der Waals surface area contributed by atoms with Crippen LogP contribution in [0.5, 0.6) is 5.75 Å². The van der Waals surface area contributed by atoms with Gasteiger partial charge in [0.1, 0.15) is 5.75 Å². The van der Waals surface area contributed by atoms with Crippen LogP contribution in [0.25, 0.3) is 10.9 Å². The van der Waals surface area contributed by atoms with E-state index in [1.54, 1.807) is 6.20 Å². The largest absolute Gasteiger partial charge is 0.493 e. The fraction of sp³-hybridized carbons (Fsp3) is 0.238. The van der Waals surface area contributed by atoms with Crippen molar-refractivity contribution in [2.24, 2.45) is 5.92 Å². The lowest BCUT2D eigenvalue weighted by Gasteiger charge is -2.25. The number of hydrogen-bond donors (Lipinski definition) is 1. The second-order valence-corrected chi connectivity index (χ2v) is 6.46. The summed E-state index contributed by atoms with van der Waals surface area (Å²) in [5.74, 6) is 1.30. The van der Waals surface area contributed by atoms with Crippen LogP contribution in [0, 0.1) is 5.92 Å². The van der Waals surface area contributed by atoms with E-state index in [4.69, 9.17) is 4.74 Å². The Labute approximate surface area is 146 Å². The van der Waals surface area contributed by atoms with Crippen LogP contribution in [0.2, 0.25) is 0 Å². The van der Waals surface area contributed by atoms with Crippen molar-refractivity contribution in [3.8, 4) is 5.75 Å². The number of para-hydroxylation sites is 2. The molecule has 1 aliphatic heterocycles. The van der Waals surface area contributed by atoms with Gasteiger partial charge in [0.05, 0.1) is 18.5 Å². The molecule has 0 saturated heterocycles. The number of fused-ring (bicyclic) bond motifs is 2. The van der Waals surface area contributed by atoms with Gasteiger partial charge in [-0.2, -0.15) is 0 Å². The lowest BCUT2D eigenvalue weighted by molar-refractivity contribution is -0.120. The molecule has 126 valence electrons. The molecule has 4 heteroatoms. The maximum Gasteiger partial charge on any atom is 0.224 e. The zero-order chi connectivity index (χ0) is 17.1. The highest BCUT2D eigenvalue weighted by atomic mass is 16.5. The average molecular weight is 332 g/mol. The second-order valence-electron chi connectivity index (χ2n) is 6.46. The molecule has 1 aromatic heterocycles. The van der Waals surface area contributed by atoms with Crippen molar-refractivity contribution in [2.75, 3.05) is 13.2 Å². The number of aromatic nitrogens is 1. The maximum atomic E-state index is 12.4. The number of carbonyl (C=O) groups excluding carboxylic acids is 1. The number of nitrogens with zero attached hydrogens (tertiary/aromatic N) is 1. The van der Waals surface area contributed by atoms with Crippen LogP contribution in [0.4, 0.5) is 0 Å². The summed E-state index contributed by atoms with van der Waals surface area (Å²) in [7, 11) is 0. The molecule has 0 aliphatic carbocycles. The standard InChI is InChI=1S/C21H20N2O2/c24-20(12-18-7-3-6-16-8-4-10-22-21(16)18)23-13-15-11-17-5-1-2-9-19(17)25-14-15/h1-10,15H,11-14H2,(H,23,24). The molecule has 2 heterocycles. The number of amides is 1. The third kappa shape index (κ3) is 3.48. The molecule has 4 nitrogen and oxygen atoms in total. The number of hydrogen-bond acceptors (Lipinski definition) is 3. The van der Waals surface area contributed by atoms with Crippen LogP contribution in [0.1, 0.15) is 11.1 Å². The number of ether oxygens (including phenoxy) is 1. The van der Waals surface area contributed by atoms with Gasteiger partial charge in [-0.15, -0.1) is 0 Å². The van der Waals surface area contributed by atoms with Crippen molar-refractivity contribution >= 4 is 16.8 Å². The zero-order valence-corrected chi connectivity index (χ0v) is 13.9. The number of nitrogens with one attached hydrogen (secondary N) is 1. The molecule has 0 bridgehead atoms. The highest BCUT2D eigenvalue weighted by molar-refractivity contribution is 5.87. The predicted molar refractivity (Wildman–Crippen MR) is 97.6 cm³/mol. The molecule has 4 rings (SSSR count). The summed E-state index contributed by atoms with van der Waals surface area (Å²) < 4.78 is 5.78. The van der Waals surface area contributed by atoms with E-state index in [0.717, 1.165) is 28.6 Å². The Bertz CT molecular complexity index is 902. The fourth-order valence-corrected chi connectivity index (χ4v) is 3.33. The quantitative estimate of drug-likeness (QED) is 0.798. The fourth-order valence-electron chi connectivity index (χ4n) is 3.33. The Morgan fingerprint density at radius 1 is 1.12 bits per heavy atom. The first kappa shape index (κ1) is 15.6. The minimum Gasteiger partial charge on any atom is -0.493 e. The maximum absolute atomic E-state index is 12.4. The second kappa shape index (κ2) is 6.93. The predicted octanol–water partition coefficient (Wildman–Crippen LogP) is 3.14. The first-order valence-corrected chi connectivity index (χ1v) is 8.59. The van der Waals surface area contributed by atoms with Crippen LogP contribution >= 0.6 is 0 Å². The normalized spacial score (nSPS) is 16.1. The van der Waals surface area contributed by atoms with E-state index in [1.807, 2.05) is 48.5 Å². The lowest BCUT2D eigenvalue weighted by Crippen LogP contribution is -2.35. The molecule has 1 aliphatic rings. The minimum atomic E-state index is 0.0250. The molecule has 2 aromatic carbocycles. The van der Waals surface area contributed by atoms with Crippen molar-refractivity contribution < 1.29 is 9.53 Å². The van der Waals surface area contributed by atoms with E-state index in [2.05, 4.69) is 16.4 Å². The van der Waals surface area contributed by atoms with Crippen molar-refractivity contribution in [1.82, 2.24) is 10.3 Å². The SMILES string of the molecule is O=C(Cc1cccc2cccnc12)NCC1COc2ccccc2C1. The Balaban J connectivity index is 1.37. The highest BCUT2D eigenvalue weighted by Gasteiger charge is 2.20. The van der Waals surface area contributed by atoms with Gasteiger partial charge in [-0.25, -0.2) is 0 Å². The van der Waals surface area contributed by atoms with Gasteiger partial charge in [0.15, 0.2) is 0 Å². The monoisotopic (exact) mass is 332 g/mol. The zero-order valence-electron chi connectivity index (χ0n) is 13.9. The van der Waals surface area contributed by atoms with Gasteiger partial charge < -0.3 is 10.1 Å². The summed E-state index contributed by atoms with van der Waals surface area (Å²) >= 11 is 0. The first-order valence-electron chi connectivity index (χ1n) is 8.59. The number of rotatable bonds is 4. The first-order chi connectivity index (χ1) is 12.3. The van der Waals surface area contributed by atoms with Crippen LogP contribution < -0.4 is 10.1 Å². The third-order valence-corrected chi connectivity index (χ3v) is 4.61. The molecule has 1 N–H and O–H groups in total. The van der Waals surface area contributed by atoms with Crippen molar-refractivity contribution in [3.63, 3.8) is 0 Å². The van der Waals surface area contributed by atoms with Gasteiger partial charge in [-0.05, 0) is 29.7 Å².